The van der Waals surface area contributed by atoms with Gasteiger partial charge in [0, 0.05) is 12.4 Å². The molecule has 6 nitrogen and oxygen atoms in total. The number of nitrogens with one attached hydrogen (secondary N) is 1. The molecule has 60 valence electrons. The van der Waals surface area contributed by atoms with Gasteiger partial charge in [0.15, 0.2) is 0 Å². The predicted molar refractivity (Wildman–Crippen MR) is 37.0 cm³/mol. The summed E-state index contributed by atoms with van der Waals surface area (Å²) in [5.74, 6) is 0. The number of aromatic nitrogens is 2. The average Bonchev–Trinajstić information content (AvgIpc) is 2.11. The third-order valence-electron chi connectivity index (χ3n) is 0.406. The summed E-state index contributed by atoms with van der Waals surface area (Å²) >= 11 is 0. The molecule has 0 aliphatic rings. The standard InChI is InChI=1S/C3H4N2.Mg.H3O3P.H2O/c1-2-4-5-3-1;;1-4(2)3;/h1-3H,(H,4,5);;4H,(H2,1,2,3);1H2/q;+2;;/p-2. The summed E-state index contributed by atoms with van der Waals surface area (Å²) in [4.78, 5) is 17.0. The van der Waals surface area contributed by atoms with Gasteiger partial charge in [-0.15, -0.1) is 0 Å². The van der Waals surface area contributed by atoms with Crippen molar-refractivity contribution in [3.8, 4) is 0 Å². The van der Waals surface area contributed by atoms with E-state index in [1.165, 1.54) is 0 Å². The molecule has 0 spiro atoms. The van der Waals surface area contributed by atoms with E-state index in [9.17, 15) is 0 Å². The molecule has 0 radical (unpaired) electrons. The largest absolute Gasteiger partial charge is 2.00 e. The zero-order valence-electron chi connectivity index (χ0n) is 5.61. The Morgan fingerprint density at radius 2 is 1.91 bits per heavy atom. The number of H-pyrrole nitrogens is 1. The molecule has 0 saturated heterocycles. The molecule has 0 fully saturated rings. The minimum absolute atomic E-state index is 0. The molecule has 0 saturated carbocycles. The first-order valence-electron chi connectivity index (χ1n) is 2.05. The smallest absolute Gasteiger partial charge is 0.813 e. The topological polar surface area (TPSA) is 123 Å². The van der Waals surface area contributed by atoms with Crippen molar-refractivity contribution >= 4 is 31.3 Å². The Kier molecular flexibility index (Phi) is 20.0. The summed E-state index contributed by atoms with van der Waals surface area (Å²) < 4.78 is 8.52. The third kappa shape index (κ3) is 25.5. The van der Waals surface area contributed by atoms with Crippen LogP contribution in [0.3, 0.4) is 0 Å². The van der Waals surface area contributed by atoms with Crippen LogP contribution in [0.1, 0.15) is 0 Å². The monoisotopic (exact) mass is 190 g/mol. The van der Waals surface area contributed by atoms with Gasteiger partial charge in [0.1, 0.15) is 0 Å². The van der Waals surface area contributed by atoms with Crippen LogP contribution in [0.2, 0.25) is 0 Å². The van der Waals surface area contributed by atoms with Crippen LogP contribution in [-0.2, 0) is 4.57 Å². The maximum atomic E-state index is 8.52. The van der Waals surface area contributed by atoms with Crippen molar-refractivity contribution < 1.29 is 19.8 Å². The molecule has 0 amide bonds. The van der Waals surface area contributed by atoms with Crippen LogP contribution in [0, 0.1) is 0 Å². The van der Waals surface area contributed by atoms with E-state index in [2.05, 4.69) is 10.2 Å². The SMILES string of the molecule is O.O=[PH]([O-])[O-].[Mg+2].c1cn[nH]c1. The molecule has 1 heterocycles. The maximum absolute atomic E-state index is 8.52. The van der Waals surface area contributed by atoms with Gasteiger partial charge in [-0.2, -0.15) is 5.10 Å². The van der Waals surface area contributed by atoms with E-state index in [1.807, 2.05) is 6.07 Å². The number of hydrogen-bond acceptors (Lipinski definition) is 4. The van der Waals surface area contributed by atoms with Gasteiger partial charge in [0.2, 0.25) is 0 Å². The zero-order chi connectivity index (χ0) is 7.11. The van der Waals surface area contributed by atoms with Crippen LogP contribution in [-0.4, -0.2) is 38.7 Å². The Hall–Kier alpha value is 0.0862. The molecule has 0 aliphatic carbocycles. The molecule has 1 aromatic heterocycles. The molecular formula is C3H7MgN2O4P. The van der Waals surface area contributed by atoms with E-state index in [0.29, 0.717) is 0 Å². The molecule has 0 atom stereocenters. The first kappa shape index (κ1) is 17.2. The van der Waals surface area contributed by atoms with Crippen LogP contribution < -0.4 is 9.79 Å². The molecule has 0 bridgehead atoms. The van der Waals surface area contributed by atoms with Gasteiger partial charge in [-0.05, 0) is 6.07 Å². The van der Waals surface area contributed by atoms with E-state index < -0.39 is 8.25 Å². The second kappa shape index (κ2) is 12.7. The fourth-order valence-corrected chi connectivity index (χ4v) is 0.215. The Morgan fingerprint density at radius 3 is 2.00 bits per heavy atom. The summed E-state index contributed by atoms with van der Waals surface area (Å²) in [5, 5.41) is 6.21. The van der Waals surface area contributed by atoms with Crippen molar-refractivity contribution in [2.75, 3.05) is 0 Å². The van der Waals surface area contributed by atoms with E-state index in [4.69, 9.17) is 14.4 Å². The normalized spacial score (nSPS) is 6.82. The van der Waals surface area contributed by atoms with Crippen molar-refractivity contribution in [2.24, 2.45) is 0 Å². The maximum Gasteiger partial charge on any atom is 2.00 e. The average molecular weight is 190 g/mol. The third-order valence-corrected chi connectivity index (χ3v) is 0.406. The molecule has 0 aliphatic heterocycles. The molecular weight excluding hydrogens is 183 g/mol. The van der Waals surface area contributed by atoms with E-state index in [1.54, 1.807) is 12.4 Å². The van der Waals surface area contributed by atoms with Gasteiger partial charge in [0.05, 0.1) is 0 Å². The summed E-state index contributed by atoms with van der Waals surface area (Å²) in [6.07, 6.45) is 3.46. The minimum Gasteiger partial charge on any atom is -0.813 e. The van der Waals surface area contributed by atoms with Crippen molar-refractivity contribution in [1.82, 2.24) is 10.2 Å². The summed E-state index contributed by atoms with van der Waals surface area (Å²) in [5.41, 5.74) is 0. The molecule has 11 heavy (non-hydrogen) atoms. The Bertz CT molecular complexity index is 137. The fourth-order valence-electron chi connectivity index (χ4n) is 0.215. The molecule has 1 rings (SSSR count). The van der Waals surface area contributed by atoms with Gasteiger partial charge in [-0.25, -0.2) is 0 Å². The van der Waals surface area contributed by atoms with Crippen LogP contribution in [0.4, 0.5) is 0 Å². The number of rotatable bonds is 0. The summed E-state index contributed by atoms with van der Waals surface area (Å²) in [6.45, 7) is 0. The molecule has 0 aromatic carbocycles. The van der Waals surface area contributed by atoms with E-state index in [-0.39, 0.29) is 28.5 Å². The first-order valence-corrected chi connectivity index (χ1v) is 3.27. The van der Waals surface area contributed by atoms with Crippen LogP contribution in [0.25, 0.3) is 0 Å². The van der Waals surface area contributed by atoms with Crippen LogP contribution >= 0.6 is 8.25 Å². The van der Waals surface area contributed by atoms with Crippen LogP contribution in [0.15, 0.2) is 18.5 Å². The Balaban J connectivity index is -0.000000101. The van der Waals surface area contributed by atoms with Gasteiger partial charge in [-0.3, -0.25) is 5.10 Å². The summed E-state index contributed by atoms with van der Waals surface area (Å²) in [7, 11) is -3.63. The Labute approximate surface area is 80.1 Å². The Morgan fingerprint density at radius 1 is 1.45 bits per heavy atom. The van der Waals surface area contributed by atoms with Crippen molar-refractivity contribution in [3.63, 3.8) is 0 Å². The predicted octanol–water partition coefficient (Wildman–Crippen LogP) is -2.70. The van der Waals surface area contributed by atoms with Gasteiger partial charge < -0.3 is 19.8 Å². The second-order valence-electron chi connectivity index (χ2n) is 1.02. The van der Waals surface area contributed by atoms with Crippen LogP contribution in [0.5, 0.6) is 0 Å². The number of hydrogen-bond donors (Lipinski definition) is 1. The zero-order valence-corrected chi connectivity index (χ0v) is 8.03. The fraction of sp³-hybridized carbons (Fsp3) is 0. The minimum atomic E-state index is -3.63. The van der Waals surface area contributed by atoms with Gasteiger partial charge >= 0.3 is 23.1 Å². The van der Waals surface area contributed by atoms with Gasteiger partial charge in [0.25, 0.3) is 0 Å². The van der Waals surface area contributed by atoms with Crippen molar-refractivity contribution in [2.45, 2.75) is 0 Å². The quantitative estimate of drug-likeness (QED) is 0.353. The summed E-state index contributed by atoms with van der Waals surface area (Å²) in [6, 6.07) is 1.83. The van der Waals surface area contributed by atoms with Crippen molar-refractivity contribution in [1.29, 1.82) is 0 Å². The van der Waals surface area contributed by atoms with Gasteiger partial charge in [-0.1, -0.05) is 8.25 Å². The second-order valence-corrected chi connectivity index (χ2v) is 1.52. The number of aromatic amines is 1. The van der Waals surface area contributed by atoms with E-state index >= 15 is 0 Å². The van der Waals surface area contributed by atoms with Crippen molar-refractivity contribution in [3.05, 3.63) is 18.5 Å². The van der Waals surface area contributed by atoms with E-state index in [0.717, 1.165) is 0 Å². The molecule has 8 heteroatoms. The first-order chi connectivity index (χ1) is 4.23. The number of nitrogens with zero attached hydrogens (tertiary/aromatic N) is 1. The molecule has 1 aromatic rings. The molecule has 0 unspecified atom stereocenters. The molecule has 3 N–H and O–H groups in total.